The zero-order valence-corrected chi connectivity index (χ0v) is 13.2. The fourth-order valence-corrected chi connectivity index (χ4v) is 2.49. The summed E-state index contributed by atoms with van der Waals surface area (Å²) in [7, 11) is 0. The number of nitrogens with zero attached hydrogens (tertiary/aromatic N) is 1. The molecule has 2 rings (SSSR count). The van der Waals surface area contributed by atoms with E-state index < -0.39 is 0 Å². The number of H-pyrrole nitrogens is 1. The van der Waals surface area contributed by atoms with Crippen LogP contribution < -0.4 is 5.32 Å². The maximum absolute atomic E-state index is 12.3. The number of aromatic nitrogens is 2. The van der Waals surface area contributed by atoms with Crippen molar-refractivity contribution in [3.63, 3.8) is 0 Å². The van der Waals surface area contributed by atoms with Gasteiger partial charge in [-0.2, -0.15) is 0 Å². The summed E-state index contributed by atoms with van der Waals surface area (Å²) >= 11 is 8.05. The van der Waals surface area contributed by atoms with Gasteiger partial charge in [-0.05, 0) is 47.2 Å². The van der Waals surface area contributed by atoms with Gasteiger partial charge in [-0.15, -0.1) is 0 Å². The van der Waals surface area contributed by atoms with E-state index in [4.69, 9.17) is 11.6 Å². The van der Waals surface area contributed by atoms with E-state index in [0.29, 0.717) is 10.6 Å². The minimum Gasteiger partial charge on any atom is -0.347 e. The van der Waals surface area contributed by atoms with Crippen molar-refractivity contribution in [3.05, 3.63) is 50.6 Å². The number of benzene rings is 1. The van der Waals surface area contributed by atoms with Crippen molar-refractivity contribution in [2.24, 2.45) is 0 Å². The van der Waals surface area contributed by atoms with Crippen LogP contribution in [0.4, 0.5) is 0 Å². The molecule has 1 amide bonds. The third kappa shape index (κ3) is 3.48. The van der Waals surface area contributed by atoms with E-state index in [-0.39, 0.29) is 11.9 Å². The topological polar surface area (TPSA) is 57.8 Å². The van der Waals surface area contributed by atoms with Crippen LogP contribution in [0.5, 0.6) is 0 Å². The number of amides is 1. The van der Waals surface area contributed by atoms with Gasteiger partial charge in [0.1, 0.15) is 5.82 Å². The van der Waals surface area contributed by atoms with Crippen molar-refractivity contribution in [3.8, 4) is 0 Å². The summed E-state index contributed by atoms with van der Waals surface area (Å²) in [5.74, 6) is 0.614. The zero-order valence-electron chi connectivity index (χ0n) is 10.3. The number of nitrogens with one attached hydrogen (secondary N) is 2. The highest BCUT2D eigenvalue weighted by atomic mass is 127. The molecule has 0 saturated heterocycles. The first-order chi connectivity index (χ1) is 9.11. The van der Waals surface area contributed by atoms with E-state index in [2.05, 4.69) is 37.9 Å². The number of rotatable bonds is 4. The molecule has 1 unspecified atom stereocenters. The molecule has 100 valence electrons. The molecule has 0 saturated carbocycles. The van der Waals surface area contributed by atoms with E-state index in [0.717, 1.165) is 15.8 Å². The normalized spacial score (nSPS) is 12.2. The van der Waals surface area contributed by atoms with Crippen LogP contribution in [0.1, 0.15) is 35.6 Å². The molecule has 1 aromatic carbocycles. The van der Waals surface area contributed by atoms with E-state index in [1.54, 1.807) is 24.5 Å². The van der Waals surface area contributed by atoms with Crippen molar-refractivity contribution in [2.45, 2.75) is 19.4 Å². The first-order valence-electron chi connectivity index (χ1n) is 5.87. The summed E-state index contributed by atoms with van der Waals surface area (Å²) in [6.07, 6.45) is 4.18. The largest absolute Gasteiger partial charge is 0.347 e. The quantitative estimate of drug-likeness (QED) is 0.786. The average molecular weight is 390 g/mol. The molecule has 0 radical (unpaired) electrons. The number of hydrogen-bond acceptors (Lipinski definition) is 2. The van der Waals surface area contributed by atoms with Gasteiger partial charge in [-0.25, -0.2) is 4.98 Å². The van der Waals surface area contributed by atoms with E-state index in [1.165, 1.54) is 0 Å². The molecule has 6 heteroatoms. The van der Waals surface area contributed by atoms with Crippen molar-refractivity contribution in [1.29, 1.82) is 0 Å². The molecular weight excluding hydrogens is 377 g/mol. The van der Waals surface area contributed by atoms with E-state index >= 15 is 0 Å². The van der Waals surface area contributed by atoms with Gasteiger partial charge in [0.25, 0.3) is 5.91 Å². The molecular formula is C13H13ClIN3O. The Morgan fingerprint density at radius 2 is 2.37 bits per heavy atom. The van der Waals surface area contributed by atoms with Gasteiger partial charge < -0.3 is 10.3 Å². The summed E-state index contributed by atoms with van der Waals surface area (Å²) in [4.78, 5) is 19.5. The maximum atomic E-state index is 12.3. The Labute approximate surface area is 130 Å². The highest BCUT2D eigenvalue weighted by Gasteiger charge is 2.17. The Hall–Kier alpha value is -1.08. The number of hydrogen-bond donors (Lipinski definition) is 2. The summed E-state index contributed by atoms with van der Waals surface area (Å²) in [6.45, 7) is 2.00. The summed E-state index contributed by atoms with van der Waals surface area (Å²) < 4.78 is 0.869. The second-order valence-corrected chi connectivity index (χ2v) is 5.63. The second-order valence-electron chi connectivity index (χ2n) is 4.03. The van der Waals surface area contributed by atoms with Crippen LogP contribution in [-0.2, 0) is 0 Å². The minimum atomic E-state index is -0.143. The number of aromatic amines is 1. The predicted molar refractivity (Wildman–Crippen MR) is 83.3 cm³/mol. The molecule has 0 spiro atoms. The minimum absolute atomic E-state index is 0.128. The number of carbonyl (C=O) groups excluding carboxylic acids is 1. The molecule has 0 aliphatic heterocycles. The van der Waals surface area contributed by atoms with Crippen LogP contribution >= 0.6 is 34.2 Å². The molecule has 2 N–H and O–H groups in total. The van der Waals surface area contributed by atoms with Gasteiger partial charge in [-0.3, -0.25) is 4.79 Å². The Bertz CT molecular complexity index is 571. The highest BCUT2D eigenvalue weighted by molar-refractivity contribution is 14.1. The molecule has 1 atom stereocenters. The monoisotopic (exact) mass is 389 g/mol. The fraction of sp³-hybridized carbons (Fsp3) is 0.231. The van der Waals surface area contributed by atoms with Crippen LogP contribution in [0.25, 0.3) is 0 Å². The molecule has 0 aliphatic rings. The van der Waals surface area contributed by atoms with Gasteiger partial charge in [-0.1, -0.05) is 18.5 Å². The van der Waals surface area contributed by atoms with Crippen LogP contribution in [0.3, 0.4) is 0 Å². The highest BCUT2D eigenvalue weighted by Crippen LogP contribution is 2.19. The molecule has 0 bridgehead atoms. The van der Waals surface area contributed by atoms with Crippen LogP contribution in [0.15, 0.2) is 30.6 Å². The van der Waals surface area contributed by atoms with Gasteiger partial charge in [0.15, 0.2) is 0 Å². The van der Waals surface area contributed by atoms with Crippen molar-refractivity contribution >= 4 is 40.1 Å². The van der Waals surface area contributed by atoms with Gasteiger partial charge in [0, 0.05) is 21.0 Å². The van der Waals surface area contributed by atoms with E-state index in [9.17, 15) is 4.79 Å². The predicted octanol–water partition coefficient (Wildman–Crippen LogP) is 3.55. The smallest absolute Gasteiger partial charge is 0.252 e. The van der Waals surface area contributed by atoms with Crippen LogP contribution in [0.2, 0.25) is 5.02 Å². The first kappa shape index (κ1) is 14.3. The standard InChI is InChI=1S/C13H13ClIN3O/c1-2-11(12-16-5-6-17-12)18-13(19)9-7-8(14)3-4-10(9)15/h3-7,11H,2H2,1H3,(H,16,17)(H,18,19). The lowest BCUT2D eigenvalue weighted by Crippen LogP contribution is -2.29. The third-order valence-corrected chi connectivity index (χ3v) is 3.91. The summed E-state index contributed by atoms with van der Waals surface area (Å²) in [5.41, 5.74) is 0.582. The maximum Gasteiger partial charge on any atom is 0.252 e. The number of imidazole rings is 1. The molecule has 2 aromatic rings. The molecule has 0 aliphatic carbocycles. The lowest BCUT2D eigenvalue weighted by molar-refractivity contribution is 0.0933. The summed E-state index contributed by atoms with van der Waals surface area (Å²) in [6, 6.07) is 5.14. The SMILES string of the molecule is CCC(NC(=O)c1cc(Cl)ccc1I)c1ncc[nH]1. The second kappa shape index (κ2) is 6.38. The van der Waals surface area contributed by atoms with Gasteiger partial charge >= 0.3 is 0 Å². The number of halogens is 2. The van der Waals surface area contributed by atoms with Crippen LogP contribution in [-0.4, -0.2) is 15.9 Å². The van der Waals surface area contributed by atoms with Gasteiger partial charge in [0.2, 0.25) is 0 Å². The van der Waals surface area contributed by atoms with Crippen molar-refractivity contribution in [1.82, 2.24) is 15.3 Å². The third-order valence-electron chi connectivity index (χ3n) is 2.74. The molecule has 4 nitrogen and oxygen atoms in total. The molecule has 19 heavy (non-hydrogen) atoms. The average Bonchev–Trinajstić information content (AvgIpc) is 2.92. The fourth-order valence-electron chi connectivity index (χ4n) is 1.74. The lowest BCUT2D eigenvalue weighted by Gasteiger charge is -2.15. The van der Waals surface area contributed by atoms with E-state index in [1.807, 2.05) is 13.0 Å². The van der Waals surface area contributed by atoms with Crippen LogP contribution in [0, 0.1) is 3.57 Å². The van der Waals surface area contributed by atoms with Gasteiger partial charge in [0.05, 0.1) is 11.6 Å². The number of carbonyl (C=O) groups is 1. The van der Waals surface area contributed by atoms with Crippen molar-refractivity contribution in [2.75, 3.05) is 0 Å². The Morgan fingerprint density at radius 3 is 3.00 bits per heavy atom. The molecule has 0 fully saturated rings. The Balaban J connectivity index is 2.18. The molecule has 1 heterocycles. The lowest BCUT2D eigenvalue weighted by atomic mass is 10.1. The first-order valence-corrected chi connectivity index (χ1v) is 7.32. The molecule has 1 aromatic heterocycles. The Morgan fingerprint density at radius 1 is 1.58 bits per heavy atom. The summed E-state index contributed by atoms with van der Waals surface area (Å²) in [5, 5.41) is 3.51. The zero-order chi connectivity index (χ0) is 13.8. The van der Waals surface area contributed by atoms with Crippen molar-refractivity contribution < 1.29 is 4.79 Å². The Kier molecular flexibility index (Phi) is 4.81.